The van der Waals surface area contributed by atoms with Crippen molar-refractivity contribution in [1.82, 2.24) is 0 Å². The molecule has 12 heteroatoms. The molecule has 1 aliphatic rings. The first-order valence-electron chi connectivity index (χ1n) is 10.4. The average molecular weight is 636 g/mol. The summed E-state index contributed by atoms with van der Waals surface area (Å²) in [5, 5.41) is 2.72. The molecule has 0 saturated heterocycles. The highest BCUT2D eigenvalue weighted by molar-refractivity contribution is 9.10. The summed E-state index contributed by atoms with van der Waals surface area (Å²) in [6.45, 7) is -5.49. The molecule has 6 nitrogen and oxygen atoms in total. The first kappa shape index (κ1) is 27.6. The van der Waals surface area contributed by atoms with Crippen LogP contribution in [0.5, 0.6) is 17.2 Å². The maximum absolute atomic E-state index is 12.4. The highest BCUT2D eigenvalue weighted by Gasteiger charge is 2.26. The molecule has 0 aromatic heterocycles. The lowest BCUT2D eigenvalue weighted by Crippen LogP contribution is -2.32. The molecule has 3 N–H and O–H groups in total. The number of hydrogen-bond acceptors (Lipinski definition) is 5. The molecule has 3 aromatic rings. The molecule has 3 aromatic carbocycles. The van der Waals surface area contributed by atoms with Gasteiger partial charge in [-0.2, -0.15) is 17.6 Å². The topological polar surface area (TPSA) is 82.8 Å². The van der Waals surface area contributed by atoms with Crippen LogP contribution < -0.4 is 25.3 Å². The Morgan fingerprint density at radius 3 is 2.22 bits per heavy atom. The van der Waals surface area contributed by atoms with Crippen LogP contribution >= 0.6 is 31.9 Å². The molecule has 0 fully saturated rings. The molecule has 0 spiro atoms. The Bertz CT molecular complexity index is 1200. The molecule has 0 radical (unpaired) electrons. The predicted molar refractivity (Wildman–Crippen MR) is 134 cm³/mol. The van der Waals surface area contributed by atoms with E-state index in [4.69, 9.17) is 10.5 Å². The van der Waals surface area contributed by atoms with Crippen LogP contribution in [-0.2, 0) is 11.2 Å². The molecule has 36 heavy (non-hydrogen) atoms. The highest BCUT2D eigenvalue weighted by Crippen LogP contribution is 2.31. The van der Waals surface area contributed by atoms with E-state index in [-0.39, 0.29) is 29.9 Å². The maximum Gasteiger partial charge on any atom is 0.387 e. The van der Waals surface area contributed by atoms with E-state index in [9.17, 15) is 22.4 Å². The molecular formula is C24H20Br2F4N2O4. The van der Waals surface area contributed by atoms with E-state index in [1.807, 2.05) is 24.3 Å². The van der Waals surface area contributed by atoms with Crippen molar-refractivity contribution in [1.29, 1.82) is 0 Å². The summed E-state index contributed by atoms with van der Waals surface area (Å²) in [4.78, 5) is 12.4. The third-order valence-corrected chi connectivity index (χ3v) is 6.15. The van der Waals surface area contributed by atoms with Gasteiger partial charge in [0.05, 0.1) is 14.9 Å². The van der Waals surface area contributed by atoms with E-state index >= 15 is 0 Å². The Morgan fingerprint density at radius 2 is 1.56 bits per heavy atom. The van der Waals surface area contributed by atoms with Crippen LogP contribution in [-0.4, -0.2) is 25.7 Å². The molecule has 1 unspecified atom stereocenters. The summed E-state index contributed by atoms with van der Waals surface area (Å²) in [6.07, 6.45) is 0.568. The number of ether oxygens (including phenoxy) is 3. The summed E-state index contributed by atoms with van der Waals surface area (Å²) in [5.74, 6) is 0.230. The van der Waals surface area contributed by atoms with Gasteiger partial charge in [-0.25, -0.2) is 0 Å². The number of nitrogen functional groups attached to an aromatic ring is 1. The molecule has 0 aliphatic carbocycles. The SMILES string of the molecule is Nc1ccc(Br)c(OC(F)F)c1.O=C(Nc1ccc(Br)c(OC(F)F)c1)C1COc2ccccc2C1. The fourth-order valence-corrected chi connectivity index (χ4v) is 3.89. The average Bonchev–Trinajstić information content (AvgIpc) is 2.83. The van der Waals surface area contributed by atoms with Crippen molar-refractivity contribution in [2.24, 2.45) is 5.92 Å². The number of amides is 1. The summed E-state index contributed by atoms with van der Waals surface area (Å²) >= 11 is 6.17. The van der Waals surface area contributed by atoms with Gasteiger partial charge in [0, 0.05) is 23.5 Å². The zero-order valence-electron chi connectivity index (χ0n) is 18.4. The molecule has 192 valence electrons. The zero-order valence-corrected chi connectivity index (χ0v) is 21.6. The fourth-order valence-electron chi connectivity index (χ4n) is 3.21. The first-order valence-corrected chi connectivity index (χ1v) is 12.0. The van der Waals surface area contributed by atoms with Crippen molar-refractivity contribution in [2.75, 3.05) is 17.7 Å². The Morgan fingerprint density at radius 1 is 0.944 bits per heavy atom. The van der Waals surface area contributed by atoms with Crippen molar-refractivity contribution < 1.29 is 36.6 Å². The molecule has 1 heterocycles. The lowest BCUT2D eigenvalue weighted by molar-refractivity contribution is -0.121. The van der Waals surface area contributed by atoms with Crippen LogP contribution in [0.25, 0.3) is 0 Å². The summed E-state index contributed by atoms with van der Waals surface area (Å²) < 4.78 is 63.3. The number of carbonyl (C=O) groups excluding carboxylic acids is 1. The largest absolute Gasteiger partial charge is 0.492 e. The molecule has 1 atom stereocenters. The minimum atomic E-state index is -2.93. The third kappa shape index (κ3) is 8.02. The standard InChI is InChI=1S/C17H14BrF2NO3.C7H6BrF2NO/c18-13-6-5-12(8-15(13)24-17(19)20)21-16(22)11-7-10-3-1-2-4-14(10)23-9-11;8-5-2-1-4(11)3-6(5)12-7(9)10/h1-6,8,11,17H,7,9H2,(H,21,22);1-3,7H,11H2. The van der Waals surface area contributed by atoms with Gasteiger partial charge < -0.3 is 25.3 Å². The zero-order chi connectivity index (χ0) is 26.2. The van der Waals surface area contributed by atoms with Gasteiger partial charge in [0.15, 0.2) is 0 Å². The molecule has 1 aliphatic heterocycles. The second-order valence-electron chi connectivity index (χ2n) is 7.40. The van der Waals surface area contributed by atoms with Crippen LogP contribution in [0, 0.1) is 5.92 Å². The molecule has 0 bridgehead atoms. The van der Waals surface area contributed by atoms with Crippen LogP contribution in [0.1, 0.15) is 5.56 Å². The van der Waals surface area contributed by atoms with Crippen LogP contribution in [0.4, 0.5) is 28.9 Å². The fraction of sp³-hybridized carbons (Fsp3) is 0.208. The number of carbonyl (C=O) groups is 1. The summed E-state index contributed by atoms with van der Waals surface area (Å²) in [6, 6.07) is 16.5. The normalized spacial score (nSPS) is 14.3. The number of nitrogens with two attached hydrogens (primary N) is 1. The minimum absolute atomic E-state index is 0.0342. The van der Waals surface area contributed by atoms with Gasteiger partial charge in [-0.1, -0.05) is 18.2 Å². The highest BCUT2D eigenvalue weighted by atomic mass is 79.9. The van der Waals surface area contributed by atoms with Crippen molar-refractivity contribution in [3.05, 3.63) is 75.2 Å². The van der Waals surface area contributed by atoms with Gasteiger partial charge in [-0.15, -0.1) is 0 Å². The Labute approximate surface area is 221 Å². The van der Waals surface area contributed by atoms with E-state index in [0.29, 0.717) is 26.7 Å². The summed E-state index contributed by atoms with van der Waals surface area (Å²) in [5.41, 5.74) is 7.10. The number of para-hydroxylation sites is 1. The van der Waals surface area contributed by atoms with Crippen LogP contribution in [0.3, 0.4) is 0 Å². The van der Waals surface area contributed by atoms with E-state index in [2.05, 4.69) is 46.7 Å². The van der Waals surface area contributed by atoms with Crippen molar-refractivity contribution in [2.45, 2.75) is 19.6 Å². The first-order chi connectivity index (χ1) is 17.1. The number of anilines is 2. The lowest BCUT2D eigenvalue weighted by Gasteiger charge is -2.24. The van der Waals surface area contributed by atoms with E-state index in [1.54, 1.807) is 24.3 Å². The Balaban J connectivity index is 0.000000253. The van der Waals surface area contributed by atoms with E-state index in [0.717, 1.165) is 11.3 Å². The second kappa shape index (κ2) is 12.8. The van der Waals surface area contributed by atoms with Gasteiger partial charge in [-0.3, -0.25) is 4.79 Å². The smallest absolute Gasteiger partial charge is 0.387 e. The maximum atomic E-state index is 12.4. The number of halogens is 6. The van der Waals surface area contributed by atoms with Gasteiger partial charge in [0.25, 0.3) is 0 Å². The Kier molecular flexibility index (Phi) is 9.82. The molecule has 1 amide bonds. The predicted octanol–water partition coefficient (Wildman–Crippen LogP) is 6.87. The van der Waals surface area contributed by atoms with Crippen molar-refractivity contribution in [3.8, 4) is 17.2 Å². The van der Waals surface area contributed by atoms with Crippen LogP contribution in [0.15, 0.2) is 69.6 Å². The van der Waals surface area contributed by atoms with E-state index < -0.39 is 13.2 Å². The molecular weight excluding hydrogens is 616 g/mol. The number of hydrogen-bond donors (Lipinski definition) is 2. The van der Waals surface area contributed by atoms with Gasteiger partial charge in [-0.05, 0) is 74.2 Å². The summed E-state index contributed by atoms with van der Waals surface area (Å²) in [7, 11) is 0. The quantitative estimate of drug-likeness (QED) is 0.228. The number of fused-ring (bicyclic) bond motifs is 1. The Hall–Kier alpha value is -2.99. The van der Waals surface area contributed by atoms with Crippen molar-refractivity contribution in [3.63, 3.8) is 0 Å². The van der Waals surface area contributed by atoms with Crippen molar-refractivity contribution >= 4 is 49.1 Å². The minimum Gasteiger partial charge on any atom is -0.492 e. The number of nitrogens with one attached hydrogen (secondary N) is 1. The number of alkyl halides is 4. The monoisotopic (exact) mass is 634 g/mol. The third-order valence-electron chi connectivity index (χ3n) is 4.84. The number of benzene rings is 3. The van der Waals surface area contributed by atoms with E-state index in [1.165, 1.54) is 12.1 Å². The lowest BCUT2D eigenvalue weighted by atomic mass is 9.96. The van der Waals surface area contributed by atoms with Gasteiger partial charge in [0.2, 0.25) is 5.91 Å². The molecule has 4 rings (SSSR count). The van der Waals surface area contributed by atoms with Gasteiger partial charge >= 0.3 is 13.2 Å². The molecule has 0 saturated carbocycles. The number of rotatable bonds is 6. The second-order valence-corrected chi connectivity index (χ2v) is 9.11. The van der Waals surface area contributed by atoms with Crippen LogP contribution in [0.2, 0.25) is 0 Å². The van der Waals surface area contributed by atoms with Gasteiger partial charge in [0.1, 0.15) is 23.9 Å².